The number of esters is 1. The van der Waals surface area contributed by atoms with E-state index >= 15 is 0 Å². The molecule has 0 saturated heterocycles. The molecule has 1 aliphatic carbocycles. The van der Waals surface area contributed by atoms with Crippen LogP contribution in [0.15, 0.2) is 18.3 Å². The molecule has 0 amide bonds. The van der Waals surface area contributed by atoms with Gasteiger partial charge in [0.15, 0.2) is 0 Å². The zero-order valence-electron chi connectivity index (χ0n) is 16.4. The molecular formula is C19H25F2N3O4. The Kier molecular flexibility index (Phi) is 6.69. The molecule has 0 bridgehead atoms. The second-order valence-electron chi connectivity index (χ2n) is 7.37. The van der Waals surface area contributed by atoms with E-state index in [9.17, 15) is 23.7 Å². The van der Waals surface area contributed by atoms with E-state index in [4.69, 9.17) is 4.74 Å². The van der Waals surface area contributed by atoms with E-state index in [1.807, 2.05) is 13.8 Å². The monoisotopic (exact) mass is 397 g/mol. The van der Waals surface area contributed by atoms with Crippen LogP contribution in [0.1, 0.15) is 46.1 Å². The zero-order chi connectivity index (χ0) is 21.1. The summed E-state index contributed by atoms with van der Waals surface area (Å²) in [4.78, 5) is 28.5. The predicted molar refractivity (Wildman–Crippen MR) is 101 cm³/mol. The Morgan fingerprint density at radius 1 is 1.50 bits per heavy atom. The Balaban J connectivity index is 2.40. The van der Waals surface area contributed by atoms with Crippen LogP contribution >= 0.6 is 0 Å². The van der Waals surface area contributed by atoms with Gasteiger partial charge in [-0.05, 0) is 25.3 Å². The Labute approximate surface area is 162 Å². The first-order valence-corrected chi connectivity index (χ1v) is 9.18. The number of allylic oxidation sites excluding steroid dienone is 1. The maximum atomic E-state index is 13.4. The fourth-order valence-corrected chi connectivity index (χ4v) is 3.11. The molecule has 1 aromatic rings. The number of rotatable bonds is 8. The largest absolute Gasteiger partial charge is 0.463 e. The van der Waals surface area contributed by atoms with Crippen LogP contribution in [-0.4, -0.2) is 41.0 Å². The fraction of sp³-hybridized carbons (Fsp3) is 0.579. The van der Waals surface area contributed by atoms with E-state index in [2.05, 4.69) is 4.98 Å². The van der Waals surface area contributed by atoms with Gasteiger partial charge in [-0.25, -0.2) is 18.6 Å². The van der Waals surface area contributed by atoms with Crippen LogP contribution in [0.25, 0.3) is 5.57 Å². The number of ether oxygens (including phenoxy) is 1. The summed E-state index contributed by atoms with van der Waals surface area (Å²) in [5.41, 5.74) is 0.586. The minimum absolute atomic E-state index is 0.0758. The molecule has 0 radical (unpaired) electrons. The number of carbonyl (C=O) groups excluding carboxylic acids is 1. The summed E-state index contributed by atoms with van der Waals surface area (Å²) in [5, 5.41) is 11.6. The summed E-state index contributed by atoms with van der Waals surface area (Å²) >= 11 is 0. The number of nitrogens with zero attached hydrogens (tertiary/aromatic N) is 3. The van der Waals surface area contributed by atoms with Crippen molar-refractivity contribution in [2.24, 2.45) is 5.92 Å². The molecule has 1 heterocycles. The first kappa shape index (κ1) is 21.7. The minimum atomic E-state index is -2.74. The quantitative estimate of drug-likeness (QED) is 0.283. The van der Waals surface area contributed by atoms with Crippen molar-refractivity contribution >= 4 is 23.0 Å². The van der Waals surface area contributed by atoms with E-state index in [1.54, 1.807) is 18.7 Å². The van der Waals surface area contributed by atoms with Crippen molar-refractivity contribution in [3.63, 3.8) is 0 Å². The third-order valence-corrected chi connectivity index (χ3v) is 4.46. The Hall–Kier alpha value is -2.58. The lowest BCUT2D eigenvalue weighted by Crippen LogP contribution is -2.52. The molecule has 9 heteroatoms. The number of aromatic nitrogens is 1. The molecule has 1 aromatic heterocycles. The number of anilines is 1. The number of halogens is 2. The first-order valence-electron chi connectivity index (χ1n) is 9.18. The van der Waals surface area contributed by atoms with Gasteiger partial charge < -0.3 is 9.64 Å². The summed E-state index contributed by atoms with van der Waals surface area (Å²) in [6.07, 6.45) is 1.96. The lowest BCUT2D eigenvalue weighted by atomic mass is 9.86. The van der Waals surface area contributed by atoms with Crippen LogP contribution < -0.4 is 4.90 Å². The lowest BCUT2D eigenvalue weighted by Gasteiger charge is -2.43. The maximum Gasteiger partial charge on any atom is 0.331 e. The highest BCUT2D eigenvalue weighted by Gasteiger charge is 2.49. The SMILES string of the molecule is CCOC(=O)/C=C(\C)c1cnc(N(CC(C)C)C2CC(F)(F)C2)c([N+](=O)[O-])c1. The van der Waals surface area contributed by atoms with E-state index in [1.165, 1.54) is 18.3 Å². The Morgan fingerprint density at radius 3 is 2.64 bits per heavy atom. The van der Waals surface area contributed by atoms with Crippen LogP contribution in [0.2, 0.25) is 0 Å². The topological polar surface area (TPSA) is 85.6 Å². The van der Waals surface area contributed by atoms with Gasteiger partial charge >= 0.3 is 11.7 Å². The van der Waals surface area contributed by atoms with Crippen LogP contribution in [0.4, 0.5) is 20.3 Å². The van der Waals surface area contributed by atoms with Gasteiger partial charge in [-0.3, -0.25) is 10.1 Å². The van der Waals surface area contributed by atoms with E-state index in [0.29, 0.717) is 17.7 Å². The second kappa shape index (κ2) is 8.62. The van der Waals surface area contributed by atoms with Gasteiger partial charge in [0, 0.05) is 49.3 Å². The third-order valence-electron chi connectivity index (χ3n) is 4.46. The van der Waals surface area contributed by atoms with Gasteiger partial charge in [-0.15, -0.1) is 0 Å². The van der Waals surface area contributed by atoms with Gasteiger partial charge in [0.2, 0.25) is 5.82 Å². The van der Waals surface area contributed by atoms with Crippen molar-refractivity contribution in [3.8, 4) is 0 Å². The maximum absolute atomic E-state index is 13.4. The summed E-state index contributed by atoms with van der Waals surface area (Å²) in [5.74, 6) is -3.11. The molecule has 0 unspecified atom stereocenters. The standard InChI is InChI=1S/C19H25F2N3O4/c1-5-28-17(25)6-13(4)14-7-16(24(26)27)18(22-10-14)23(11-12(2)3)15-8-19(20,21)9-15/h6-7,10,12,15H,5,8-9,11H2,1-4H3/b13-6+. The summed E-state index contributed by atoms with van der Waals surface area (Å²) in [6.45, 7) is 7.72. The van der Waals surface area contributed by atoms with Crippen molar-refractivity contribution in [2.45, 2.75) is 52.5 Å². The lowest BCUT2D eigenvalue weighted by molar-refractivity contribution is -0.384. The van der Waals surface area contributed by atoms with E-state index in [-0.39, 0.29) is 36.9 Å². The average molecular weight is 397 g/mol. The molecular weight excluding hydrogens is 372 g/mol. The zero-order valence-corrected chi connectivity index (χ0v) is 16.4. The molecule has 28 heavy (non-hydrogen) atoms. The van der Waals surface area contributed by atoms with Crippen molar-refractivity contribution < 1.29 is 23.2 Å². The molecule has 0 aromatic carbocycles. The molecule has 1 aliphatic rings. The number of pyridine rings is 1. The number of hydrogen-bond acceptors (Lipinski definition) is 6. The predicted octanol–water partition coefficient (Wildman–Crippen LogP) is 4.22. The van der Waals surface area contributed by atoms with Crippen molar-refractivity contribution in [1.82, 2.24) is 4.98 Å². The van der Waals surface area contributed by atoms with Gasteiger partial charge in [0.25, 0.3) is 5.92 Å². The van der Waals surface area contributed by atoms with Crippen molar-refractivity contribution in [2.75, 3.05) is 18.1 Å². The number of nitro groups is 1. The highest BCUT2D eigenvalue weighted by Crippen LogP contribution is 2.43. The minimum Gasteiger partial charge on any atom is -0.463 e. The van der Waals surface area contributed by atoms with Crippen LogP contribution in [0.3, 0.4) is 0 Å². The highest BCUT2D eigenvalue weighted by atomic mass is 19.3. The summed E-state index contributed by atoms with van der Waals surface area (Å²) in [7, 11) is 0. The average Bonchev–Trinajstić information content (AvgIpc) is 2.57. The molecule has 1 fully saturated rings. The van der Waals surface area contributed by atoms with Gasteiger partial charge in [0.05, 0.1) is 11.5 Å². The van der Waals surface area contributed by atoms with E-state index in [0.717, 1.165) is 0 Å². The van der Waals surface area contributed by atoms with Crippen LogP contribution in [0, 0.1) is 16.0 Å². The van der Waals surface area contributed by atoms with Crippen LogP contribution in [-0.2, 0) is 9.53 Å². The molecule has 0 atom stereocenters. The van der Waals surface area contributed by atoms with E-state index < -0.39 is 22.9 Å². The summed E-state index contributed by atoms with van der Waals surface area (Å²) < 4.78 is 31.6. The Morgan fingerprint density at radius 2 is 2.14 bits per heavy atom. The number of carbonyl (C=O) groups is 1. The number of alkyl halides is 2. The molecule has 0 spiro atoms. The van der Waals surface area contributed by atoms with Gasteiger partial charge in [-0.2, -0.15) is 0 Å². The smallest absolute Gasteiger partial charge is 0.331 e. The van der Waals surface area contributed by atoms with Crippen molar-refractivity contribution in [3.05, 3.63) is 34.0 Å². The summed E-state index contributed by atoms with van der Waals surface area (Å²) in [6, 6.07) is 0.822. The molecule has 1 saturated carbocycles. The third kappa shape index (κ3) is 5.24. The molecule has 2 rings (SSSR count). The highest BCUT2D eigenvalue weighted by molar-refractivity contribution is 5.91. The first-order chi connectivity index (χ1) is 13.0. The molecule has 7 nitrogen and oxygen atoms in total. The van der Waals surface area contributed by atoms with Gasteiger partial charge in [0.1, 0.15) is 0 Å². The normalized spacial score (nSPS) is 16.6. The number of hydrogen-bond donors (Lipinski definition) is 0. The second-order valence-corrected chi connectivity index (χ2v) is 7.37. The van der Waals surface area contributed by atoms with Gasteiger partial charge in [-0.1, -0.05) is 13.8 Å². The Bertz CT molecular complexity index is 772. The molecule has 154 valence electrons. The van der Waals surface area contributed by atoms with Crippen molar-refractivity contribution in [1.29, 1.82) is 0 Å². The van der Waals surface area contributed by atoms with Crippen LogP contribution in [0.5, 0.6) is 0 Å². The fourth-order valence-electron chi connectivity index (χ4n) is 3.11. The molecule has 0 aliphatic heterocycles. The molecule has 0 N–H and O–H groups in total.